The van der Waals surface area contributed by atoms with Crippen molar-refractivity contribution in [3.63, 3.8) is 0 Å². The van der Waals surface area contributed by atoms with Crippen molar-refractivity contribution >= 4 is 23.5 Å². The van der Waals surface area contributed by atoms with Crippen molar-refractivity contribution in [2.75, 3.05) is 17.7 Å². The monoisotopic (exact) mass is 423 g/mol. The third-order valence-electron chi connectivity index (χ3n) is 5.07. The Morgan fingerprint density at radius 2 is 1.83 bits per heavy atom. The van der Waals surface area contributed by atoms with E-state index in [1.54, 1.807) is 4.68 Å². The summed E-state index contributed by atoms with van der Waals surface area (Å²) in [4.78, 5) is 25.2. The number of thioether (sulfide) groups is 1. The van der Waals surface area contributed by atoms with Gasteiger partial charge in [0.2, 0.25) is 5.91 Å². The van der Waals surface area contributed by atoms with Gasteiger partial charge in [0.1, 0.15) is 11.6 Å². The van der Waals surface area contributed by atoms with Gasteiger partial charge in [0, 0.05) is 18.0 Å². The molecule has 156 valence electrons. The van der Waals surface area contributed by atoms with Crippen LogP contribution in [0.15, 0.2) is 59.4 Å². The highest BCUT2D eigenvalue weighted by molar-refractivity contribution is 8.00. The van der Waals surface area contributed by atoms with Gasteiger partial charge in [-0.05, 0) is 25.5 Å². The molecule has 1 aliphatic rings. The van der Waals surface area contributed by atoms with Crippen molar-refractivity contribution in [3.8, 4) is 5.75 Å². The topological polar surface area (TPSA) is 76.1 Å². The van der Waals surface area contributed by atoms with Gasteiger partial charge < -0.3 is 10.1 Å². The second kappa shape index (κ2) is 8.83. The first-order valence-corrected chi connectivity index (χ1v) is 11.1. The van der Waals surface area contributed by atoms with Crippen LogP contribution in [0.4, 0.5) is 5.82 Å². The zero-order valence-corrected chi connectivity index (χ0v) is 17.9. The number of para-hydroxylation sites is 1. The molecule has 2 aromatic carbocycles. The van der Waals surface area contributed by atoms with Gasteiger partial charge >= 0.3 is 0 Å². The smallest absolute Gasteiger partial charge is 0.270 e. The number of amides is 1. The molecule has 0 spiro atoms. The lowest BCUT2D eigenvalue weighted by atomic mass is 10.0. The third kappa shape index (κ3) is 4.16. The predicted octanol–water partition coefficient (Wildman–Crippen LogP) is 4.15. The van der Waals surface area contributed by atoms with Gasteiger partial charge in [-0.2, -0.15) is 0 Å². The molecule has 0 unspecified atom stereocenters. The molecule has 1 amide bonds. The Kier molecular flexibility index (Phi) is 5.99. The number of aromatic nitrogens is 2. The average molecular weight is 424 g/mol. The first-order valence-electron chi connectivity index (χ1n) is 10.1. The number of carbonyl (C=O) groups excluding carboxylic acids is 1. The van der Waals surface area contributed by atoms with Crippen molar-refractivity contribution in [3.05, 3.63) is 81.6 Å². The van der Waals surface area contributed by atoms with Crippen LogP contribution >= 0.6 is 11.8 Å². The Morgan fingerprint density at radius 3 is 2.60 bits per heavy atom. The zero-order valence-electron chi connectivity index (χ0n) is 17.1. The van der Waals surface area contributed by atoms with Crippen LogP contribution in [-0.2, 0) is 11.2 Å². The molecular weight excluding hydrogens is 398 g/mol. The summed E-state index contributed by atoms with van der Waals surface area (Å²) in [6.45, 7) is 4.47. The summed E-state index contributed by atoms with van der Waals surface area (Å²) in [6.07, 6.45) is 0.794. The van der Waals surface area contributed by atoms with Crippen LogP contribution in [0.25, 0.3) is 0 Å². The van der Waals surface area contributed by atoms with E-state index in [0.29, 0.717) is 18.0 Å². The van der Waals surface area contributed by atoms with E-state index in [4.69, 9.17) is 4.74 Å². The molecule has 0 saturated heterocycles. The molecule has 6 nitrogen and oxygen atoms in total. The van der Waals surface area contributed by atoms with Crippen LogP contribution in [0.1, 0.15) is 41.8 Å². The minimum atomic E-state index is -0.296. The van der Waals surface area contributed by atoms with Gasteiger partial charge in [-0.3, -0.25) is 19.4 Å². The number of fused-ring (bicyclic) bond motifs is 1. The highest BCUT2D eigenvalue weighted by Gasteiger charge is 2.32. The maximum Gasteiger partial charge on any atom is 0.270 e. The van der Waals surface area contributed by atoms with Crippen molar-refractivity contribution in [2.45, 2.75) is 31.6 Å². The van der Waals surface area contributed by atoms with Crippen molar-refractivity contribution in [2.24, 2.45) is 0 Å². The van der Waals surface area contributed by atoms with Crippen molar-refractivity contribution in [1.82, 2.24) is 9.78 Å². The summed E-state index contributed by atoms with van der Waals surface area (Å²) in [5.74, 6) is 1.45. The lowest BCUT2D eigenvalue weighted by Crippen LogP contribution is -2.17. The van der Waals surface area contributed by atoms with Crippen LogP contribution in [0, 0.1) is 0 Å². The zero-order chi connectivity index (χ0) is 21.1. The summed E-state index contributed by atoms with van der Waals surface area (Å²) in [6, 6.07) is 18.0. The second-order valence-electron chi connectivity index (χ2n) is 7.53. The van der Waals surface area contributed by atoms with Gasteiger partial charge in [-0.25, -0.2) is 0 Å². The summed E-state index contributed by atoms with van der Waals surface area (Å²) in [5.41, 5.74) is 2.50. The van der Waals surface area contributed by atoms with Crippen LogP contribution in [0.2, 0.25) is 0 Å². The SMILES string of the molecule is CC(C)n1[nH]c(=O)c2c1NC(=O)CS[C@@H]2c1ccccc1OCCc1ccccc1. The molecule has 1 aliphatic heterocycles. The highest BCUT2D eigenvalue weighted by atomic mass is 32.2. The van der Waals surface area contributed by atoms with Gasteiger partial charge in [0.05, 0.1) is 23.2 Å². The fourth-order valence-electron chi connectivity index (χ4n) is 3.63. The quantitative estimate of drug-likeness (QED) is 0.624. The van der Waals surface area contributed by atoms with E-state index in [-0.39, 0.29) is 28.5 Å². The maximum atomic E-state index is 12.9. The Morgan fingerprint density at radius 1 is 1.10 bits per heavy atom. The fraction of sp³-hybridized carbons (Fsp3) is 0.304. The number of nitrogens with one attached hydrogen (secondary N) is 2. The number of aromatic amines is 1. The molecule has 0 radical (unpaired) electrons. The lowest BCUT2D eigenvalue weighted by molar-refractivity contribution is -0.113. The number of H-pyrrole nitrogens is 1. The van der Waals surface area contributed by atoms with E-state index < -0.39 is 0 Å². The number of rotatable bonds is 6. The van der Waals surface area contributed by atoms with E-state index in [2.05, 4.69) is 22.5 Å². The van der Waals surface area contributed by atoms with Crippen molar-refractivity contribution in [1.29, 1.82) is 0 Å². The van der Waals surface area contributed by atoms with E-state index >= 15 is 0 Å². The molecule has 2 N–H and O–H groups in total. The van der Waals surface area contributed by atoms with Crippen LogP contribution in [0.3, 0.4) is 0 Å². The van der Waals surface area contributed by atoms with E-state index in [1.165, 1.54) is 17.3 Å². The standard InChI is InChI=1S/C23H25N3O3S/c1-15(2)26-22-20(23(28)25-26)21(30-14-19(27)24-22)17-10-6-7-11-18(17)29-13-12-16-8-4-3-5-9-16/h3-11,15,21H,12-14H2,1-2H3,(H,24,27)(H,25,28)/t21-/m1/s1. The molecule has 7 heteroatoms. The minimum Gasteiger partial charge on any atom is -0.493 e. The highest BCUT2D eigenvalue weighted by Crippen LogP contribution is 2.43. The predicted molar refractivity (Wildman–Crippen MR) is 120 cm³/mol. The Bertz CT molecular complexity index is 1090. The van der Waals surface area contributed by atoms with Crippen LogP contribution in [0.5, 0.6) is 5.75 Å². The molecule has 0 saturated carbocycles. The van der Waals surface area contributed by atoms with Crippen molar-refractivity contribution < 1.29 is 9.53 Å². The summed E-state index contributed by atoms with van der Waals surface area (Å²) < 4.78 is 7.86. The number of nitrogens with zero attached hydrogens (tertiary/aromatic N) is 1. The molecule has 1 aromatic heterocycles. The largest absolute Gasteiger partial charge is 0.493 e. The molecule has 2 heterocycles. The Hall–Kier alpha value is -2.93. The molecule has 1 atom stereocenters. The van der Waals surface area contributed by atoms with E-state index in [1.807, 2.05) is 56.3 Å². The normalized spacial score (nSPS) is 16.1. The molecule has 3 aromatic rings. The van der Waals surface area contributed by atoms with Gasteiger partial charge in [-0.15, -0.1) is 11.8 Å². The lowest BCUT2D eigenvalue weighted by Gasteiger charge is -2.18. The number of ether oxygens (including phenoxy) is 1. The summed E-state index contributed by atoms with van der Waals surface area (Å²) >= 11 is 1.45. The molecule has 0 fully saturated rings. The Labute approximate surface area is 179 Å². The first kappa shape index (κ1) is 20.3. The van der Waals surface area contributed by atoms with Crippen LogP contribution < -0.4 is 15.6 Å². The minimum absolute atomic E-state index is 0.0165. The number of carbonyl (C=O) groups is 1. The third-order valence-corrected chi connectivity index (χ3v) is 6.32. The summed E-state index contributed by atoms with van der Waals surface area (Å²) in [7, 11) is 0. The molecule has 0 aliphatic carbocycles. The molecule has 0 bridgehead atoms. The summed E-state index contributed by atoms with van der Waals surface area (Å²) in [5, 5.41) is 5.49. The van der Waals surface area contributed by atoms with Gasteiger partial charge in [-0.1, -0.05) is 48.5 Å². The van der Waals surface area contributed by atoms with Gasteiger partial charge in [0.25, 0.3) is 5.56 Å². The number of hydrogen-bond acceptors (Lipinski definition) is 4. The van der Waals surface area contributed by atoms with E-state index in [0.717, 1.165) is 17.7 Å². The average Bonchev–Trinajstić information content (AvgIpc) is 2.95. The number of hydrogen-bond donors (Lipinski definition) is 2. The van der Waals surface area contributed by atoms with Gasteiger partial charge in [0.15, 0.2) is 0 Å². The molecular formula is C23H25N3O3S. The fourth-order valence-corrected chi connectivity index (χ4v) is 4.78. The second-order valence-corrected chi connectivity index (χ2v) is 8.62. The molecule has 30 heavy (non-hydrogen) atoms. The van der Waals surface area contributed by atoms with E-state index in [9.17, 15) is 9.59 Å². The molecule has 4 rings (SSSR count). The van der Waals surface area contributed by atoms with Crippen LogP contribution in [-0.4, -0.2) is 28.0 Å². The Balaban J connectivity index is 1.66. The first-order chi connectivity index (χ1) is 14.5. The number of benzene rings is 2. The maximum absolute atomic E-state index is 12.9. The number of anilines is 1.